The Morgan fingerprint density at radius 2 is 0.795 bits per heavy atom. The third-order valence-electron chi connectivity index (χ3n) is 17.4. The molecule has 0 aromatic heterocycles. The van der Waals surface area contributed by atoms with Gasteiger partial charge in [-0.3, -0.25) is 9.59 Å². The molecule has 1 saturated heterocycles. The second-order valence-electron chi connectivity index (χ2n) is 25.3. The Hall–Kier alpha value is -1.86. The fraction of sp³-hybridized carbons (Fsp3) is 0.917. The third-order valence-corrected chi connectivity index (χ3v) is 17.4. The molecule has 1 aliphatic rings. The van der Waals surface area contributed by atoms with Crippen molar-refractivity contribution in [2.75, 3.05) is 13.2 Å². The van der Waals surface area contributed by atoms with E-state index in [0.717, 1.165) is 70.6 Å². The first-order valence-corrected chi connectivity index (χ1v) is 36.1. The standard InChI is InChI=1S/C72H137NO10/c1-4-7-10-13-16-19-22-24-26-28-29-30-31-32-33-34-35-36-38-39-41-44-47-50-53-56-59-65(76)71(80)73-63(64(75)58-55-52-49-46-43-21-18-15-12-9-6-3)62-81-72-70(69(79)68(78)66(61-74)82-72)83-67(77)60-57-54-51-48-45-42-40-37-27-25-23-20-17-14-11-8-5-2/h25,27,55,58,63-66,68-70,72,74-76,78-79H,4-24,26,28-54,56-57,59-62H2,1-3H3,(H,73,80)/b27-25+,58-55+. The van der Waals surface area contributed by atoms with Crippen LogP contribution in [0.15, 0.2) is 24.3 Å². The molecule has 11 heteroatoms. The first-order valence-electron chi connectivity index (χ1n) is 36.1. The maximum absolute atomic E-state index is 13.5. The number of esters is 1. The van der Waals surface area contributed by atoms with Crippen LogP contribution in [-0.4, -0.2) is 99.6 Å². The fourth-order valence-corrected chi connectivity index (χ4v) is 11.7. The minimum Gasteiger partial charge on any atom is -0.454 e. The Balaban J connectivity index is 2.52. The summed E-state index contributed by atoms with van der Waals surface area (Å²) in [5.41, 5.74) is 0. The highest BCUT2D eigenvalue weighted by Crippen LogP contribution is 2.26. The summed E-state index contributed by atoms with van der Waals surface area (Å²) in [6.45, 7) is 5.83. The molecule has 490 valence electrons. The Kier molecular flexibility index (Phi) is 57.6. The minimum atomic E-state index is -1.61. The molecule has 0 aliphatic carbocycles. The molecule has 0 aromatic rings. The fourth-order valence-electron chi connectivity index (χ4n) is 11.7. The lowest BCUT2D eigenvalue weighted by atomic mass is 9.99. The molecule has 0 radical (unpaired) electrons. The van der Waals surface area contributed by atoms with Crippen LogP contribution in [0.1, 0.15) is 361 Å². The molecule has 83 heavy (non-hydrogen) atoms. The van der Waals surface area contributed by atoms with Gasteiger partial charge in [-0.1, -0.05) is 328 Å². The number of amides is 1. The summed E-state index contributed by atoms with van der Waals surface area (Å²) in [6, 6.07) is -1.02. The SMILES string of the molecule is CCCCCCCC/C=C/CCCCCCCCCC(=O)OC1C(OCC(NC(=O)C(O)CCCCCCCCCCCCCCCCCCCCCCCCCCCC)C(O)/C=C/CCCCCCCCCCC)OC(CO)C(O)C1O. The van der Waals surface area contributed by atoms with Gasteiger partial charge in [0, 0.05) is 6.42 Å². The van der Waals surface area contributed by atoms with Crippen molar-refractivity contribution in [2.24, 2.45) is 0 Å². The summed E-state index contributed by atoms with van der Waals surface area (Å²) < 4.78 is 17.7. The van der Waals surface area contributed by atoms with Gasteiger partial charge in [-0.15, -0.1) is 0 Å². The summed E-state index contributed by atoms with van der Waals surface area (Å²) in [5.74, 6) is -1.18. The first kappa shape index (κ1) is 79.2. The number of ether oxygens (including phenoxy) is 3. The molecule has 1 rings (SSSR count). The molecule has 1 aliphatic heterocycles. The van der Waals surface area contributed by atoms with Gasteiger partial charge in [0.25, 0.3) is 0 Å². The van der Waals surface area contributed by atoms with E-state index in [1.165, 1.54) is 244 Å². The van der Waals surface area contributed by atoms with E-state index in [1.54, 1.807) is 6.08 Å². The quantitative estimate of drug-likeness (QED) is 0.0195. The lowest BCUT2D eigenvalue weighted by molar-refractivity contribution is -0.305. The number of rotatable bonds is 63. The topological polar surface area (TPSA) is 175 Å². The van der Waals surface area contributed by atoms with E-state index in [1.807, 2.05) is 6.08 Å². The van der Waals surface area contributed by atoms with Gasteiger partial charge in [0.1, 0.15) is 24.4 Å². The van der Waals surface area contributed by atoms with E-state index in [0.29, 0.717) is 19.3 Å². The highest BCUT2D eigenvalue weighted by molar-refractivity contribution is 5.80. The van der Waals surface area contributed by atoms with Crippen molar-refractivity contribution in [3.8, 4) is 0 Å². The van der Waals surface area contributed by atoms with Gasteiger partial charge < -0.3 is 45.1 Å². The molecule has 0 saturated carbocycles. The lowest BCUT2D eigenvalue weighted by Gasteiger charge is -2.41. The average Bonchev–Trinajstić information content (AvgIpc) is 3.69. The summed E-state index contributed by atoms with van der Waals surface area (Å²) in [7, 11) is 0. The second kappa shape index (κ2) is 60.4. The van der Waals surface area contributed by atoms with E-state index in [9.17, 15) is 35.1 Å². The van der Waals surface area contributed by atoms with E-state index in [-0.39, 0.29) is 13.0 Å². The maximum atomic E-state index is 13.5. The van der Waals surface area contributed by atoms with Crippen molar-refractivity contribution in [3.05, 3.63) is 24.3 Å². The molecular formula is C72H137NO10. The molecule has 0 aromatic carbocycles. The van der Waals surface area contributed by atoms with E-state index >= 15 is 0 Å². The lowest BCUT2D eigenvalue weighted by Crippen LogP contribution is -2.61. The van der Waals surface area contributed by atoms with E-state index < -0.39 is 67.4 Å². The zero-order valence-electron chi connectivity index (χ0n) is 54.6. The Bertz CT molecular complexity index is 1450. The van der Waals surface area contributed by atoms with Gasteiger partial charge in [-0.25, -0.2) is 0 Å². The number of hydrogen-bond acceptors (Lipinski definition) is 10. The van der Waals surface area contributed by atoms with Gasteiger partial charge in [0.05, 0.1) is 25.4 Å². The molecule has 1 heterocycles. The molecule has 8 unspecified atom stereocenters. The van der Waals surface area contributed by atoms with E-state index in [2.05, 4.69) is 38.2 Å². The Morgan fingerprint density at radius 1 is 0.458 bits per heavy atom. The van der Waals surface area contributed by atoms with Crippen LogP contribution < -0.4 is 5.32 Å². The van der Waals surface area contributed by atoms with Gasteiger partial charge >= 0.3 is 5.97 Å². The summed E-state index contributed by atoms with van der Waals surface area (Å²) in [5, 5.41) is 57.2. The molecule has 8 atom stereocenters. The van der Waals surface area contributed by atoms with Crippen LogP contribution in [0.25, 0.3) is 0 Å². The second-order valence-corrected chi connectivity index (χ2v) is 25.3. The number of hydrogen-bond donors (Lipinski definition) is 6. The number of unbranched alkanes of at least 4 members (excludes halogenated alkanes) is 47. The van der Waals surface area contributed by atoms with Crippen molar-refractivity contribution in [1.82, 2.24) is 5.32 Å². The van der Waals surface area contributed by atoms with Gasteiger partial charge in [0.15, 0.2) is 12.4 Å². The number of allylic oxidation sites excluding steroid dienone is 3. The van der Waals surface area contributed by atoms with Gasteiger partial charge in [-0.2, -0.15) is 0 Å². The van der Waals surface area contributed by atoms with Crippen molar-refractivity contribution < 1.29 is 49.3 Å². The van der Waals surface area contributed by atoms with Crippen molar-refractivity contribution in [3.63, 3.8) is 0 Å². The van der Waals surface area contributed by atoms with Crippen LogP contribution in [0.5, 0.6) is 0 Å². The van der Waals surface area contributed by atoms with Gasteiger partial charge in [-0.05, 0) is 51.4 Å². The summed E-state index contributed by atoms with van der Waals surface area (Å²) in [4.78, 5) is 26.6. The number of carbonyl (C=O) groups excluding carboxylic acids is 2. The van der Waals surface area contributed by atoms with Crippen LogP contribution >= 0.6 is 0 Å². The van der Waals surface area contributed by atoms with Crippen LogP contribution in [0.2, 0.25) is 0 Å². The highest BCUT2D eigenvalue weighted by atomic mass is 16.7. The number of aliphatic hydroxyl groups is 5. The number of carbonyl (C=O) groups is 2. The zero-order chi connectivity index (χ0) is 60.3. The molecule has 11 nitrogen and oxygen atoms in total. The monoisotopic (exact) mass is 1180 g/mol. The van der Waals surface area contributed by atoms with E-state index in [4.69, 9.17) is 14.2 Å². The third kappa shape index (κ3) is 47.8. The number of nitrogens with one attached hydrogen (secondary N) is 1. The van der Waals surface area contributed by atoms with Crippen molar-refractivity contribution >= 4 is 11.9 Å². The van der Waals surface area contributed by atoms with Crippen LogP contribution in [0.3, 0.4) is 0 Å². The Labute approximate surface area is 511 Å². The molecule has 0 spiro atoms. The average molecular weight is 1180 g/mol. The molecule has 1 fully saturated rings. The molecule has 6 N–H and O–H groups in total. The smallest absolute Gasteiger partial charge is 0.306 e. The maximum Gasteiger partial charge on any atom is 0.306 e. The Morgan fingerprint density at radius 3 is 1.17 bits per heavy atom. The normalized spacial score (nSPS) is 18.6. The minimum absolute atomic E-state index is 0.123. The van der Waals surface area contributed by atoms with Crippen LogP contribution in [0.4, 0.5) is 0 Å². The van der Waals surface area contributed by atoms with Gasteiger partial charge in [0.2, 0.25) is 5.91 Å². The summed E-state index contributed by atoms with van der Waals surface area (Å²) >= 11 is 0. The van der Waals surface area contributed by atoms with Crippen molar-refractivity contribution in [2.45, 2.75) is 410 Å². The molecule has 0 bridgehead atoms. The van der Waals surface area contributed by atoms with Crippen LogP contribution in [0, 0.1) is 0 Å². The predicted octanol–water partition coefficient (Wildman–Crippen LogP) is 18.4. The molecular weight excluding hydrogens is 1040 g/mol. The molecule has 1 amide bonds. The van der Waals surface area contributed by atoms with Crippen molar-refractivity contribution in [1.29, 1.82) is 0 Å². The largest absolute Gasteiger partial charge is 0.454 e. The van der Waals surface area contributed by atoms with Crippen LogP contribution in [-0.2, 0) is 23.8 Å². The zero-order valence-corrected chi connectivity index (χ0v) is 54.6. The first-order chi connectivity index (χ1) is 40.7. The predicted molar refractivity (Wildman–Crippen MR) is 348 cm³/mol. The number of aliphatic hydroxyl groups excluding tert-OH is 5. The summed E-state index contributed by atoms with van der Waals surface area (Å²) in [6.07, 6.45) is 62.4. The highest BCUT2D eigenvalue weighted by Gasteiger charge is 2.47.